The molecule has 3 nitrogen and oxygen atoms in total. The third kappa shape index (κ3) is 3.00. The molecule has 3 heteroatoms. The summed E-state index contributed by atoms with van der Waals surface area (Å²) in [7, 11) is 0. The highest BCUT2D eigenvalue weighted by Crippen LogP contribution is 2.34. The van der Waals surface area contributed by atoms with Crippen LogP contribution in [0, 0.1) is 0 Å². The number of phenols is 2. The molecule has 0 aliphatic rings. The maximum Gasteiger partial charge on any atom is 0.154 e. The second kappa shape index (κ2) is 5.54. The molecule has 0 aromatic heterocycles. The van der Waals surface area contributed by atoms with Gasteiger partial charge in [0, 0.05) is 11.1 Å². The van der Waals surface area contributed by atoms with Crippen LogP contribution in [0.3, 0.4) is 0 Å². The normalized spacial score (nSPS) is 10.1. The van der Waals surface area contributed by atoms with Crippen LogP contribution in [0.15, 0.2) is 30.4 Å². The van der Waals surface area contributed by atoms with Crippen molar-refractivity contribution >= 4 is 6.29 Å². The van der Waals surface area contributed by atoms with Gasteiger partial charge in [-0.3, -0.25) is 4.79 Å². The Morgan fingerprint density at radius 2 is 1.78 bits per heavy atom. The Labute approximate surface area is 107 Å². The Morgan fingerprint density at radius 3 is 2.22 bits per heavy atom. The molecule has 0 heterocycles. The van der Waals surface area contributed by atoms with E-state index in [9.17, 15) is 15.0 Å². The highest BCUT2D eigenvalue weighted by atomic mass is 16.3. The summed E-state index contributed by atoms with van der Waals surface area (Å²) in [6.07, 6.45) is 1.35. The number of allylic oxidation sites excluding steroid dienone is 2. The number of hydrogen-bond donors (Lipinski definition) is 2. The largest absolute Gasteiger partial charge is 0.508 e. The van der Waals surface area contributed by atoms with Gasteiger partial charge >= 0.3 is 0 Å². The first-order valence-electron chi connectivity index (χ1n) is 5.67. The lowest BCUT2D eigenvalue weighted by Crippen LogP contribution is -1.99. The highest BCUT2D eigenvalue weighted by Gasteiger charge is 2.17. The summed E-state index contributed by atoms with van der Waals surface area (Å²) in [4.78, 5) is 11.1. The van der Waals surface area contributed by atoms with Gasteiger partial charge < -0.3 is 10.2 Å². The average molecular weight is 246 g/mol. The zero-order valence-electron chi connectivity index (χ0n) is 10.8. The van der Waals surface area contributed by atoms with Crippen molar-refractivity contribution in [1.29, 1.82) is 0 Å². The summed E-state index contributed by atoms with van der Waals surface area (Å²) in [5.41, 5.74) is 2.71. The van der Waals surface area contributed by atoms with Crippen molar-refractivity contribution in [2.45, 2.75) is 26.7 Å². The smallest absolute Gasteiger partial charge is 0.154 e. The summed E-state index contributed by atoms with van der Waals surface area (Å²) in [6.45, 7) is 11.1. The van der Waals surface area contributed by atoms with E-state index in [-0.39, 0.29) is 17.1 Å². The van der Waals surface area contributed by atoms with E-state index in [4.69, 9.17) is 0 Å². The third-order valence-corrected chi connectivity index (χ3v) is 2.59. The van der Waals surface area contributed by atoms with Gasteiger partial charge in [0.25, 0.3) is 0 Å². The van der Waals surface area contributed by atoms with E-state index in [0.29, 0.717) is 30.3 Å². The molecule has 1 aromatic carbocycles. The molecule has 96 valence electrons. The van der Waals surface area contributed by atoms with E-state index in [1.165, 1.54) is 6.07 Å². The second-order valence-corrected chi connectivity index (χ2v) is 4.68. The van der Waals surface area contributed by atoms with Crippen LogP contribution in [0.4, 0.5) is 0 Å². The van der Waals surface area contributed by atoms with Crippen molar-refractivity contribution in [3.8, 4) is 11.5 Å². The minimum absolute atomic E-state index is 0.00847. The van der Waals surface area contributed by atoms with Crippen LogP contribution in [-0.4, -0.2) is 16.5 Å². The molecule has 1 aromatic rings. The van der Waals surface area contributed by atoms with E-state index in [2.05, 4.69) is 13.2 Å². The van der Waals surface area contributed by atoms with Gasteiger partial charge in [-0.2, -0.15) is 0 Å². The molecule has 1 rings (SSSR count). The SMILES string of the molecule is C=C(C)Cc1cc(O)c(CC(=C)C)c(C=O)c1O. The molecule has 0 saturated carbocycles. The maximum atomic E-state index is 11.1. The number of aromatic hydroxyl groups is 2. The highest BCUT2D eigenvalue weighted by molar-refractivity contribution is 5.84. The fraction of sp³-hybridized carbons (Fsp3) is 0.267. The van der Waals surface area contributed by atoms with Gasteiger partial charge in [0.05, 0.1) is 5.56 Å². The van der Waals surface area contributed by atoms with E-state index < -0.39 is 0 Å². The lowest BCUT2D eigenvalue weighted by Gasteiger charge is -2.13. The van der Waals surface area contributed by atoms with Crippen LogP contribution in [0.1, 0.15) is 35.3 Å². The van der Waals surface area contributed by atoms with Crippen molar-refractivity contribution in [2.24, 2.45) is 0 Å². The molecule has 0 radical (unpaired) electrons. The predicted molar refractivity (Wildman–Crippen MR) is 72.2 cm³/mol. The Balaban J connectivity index is 3.39. The minimum atomic E-state index is -0.0814. The zero-order valence-corrected chi connectivity index (χ0v) is 10.8. The van der Waals surface area contributed by atoms with Crippen molar-refractivity contribution < 1.29 is 15.0 Å². The predicted octanol–water partition coefficient (Wildman–Crippen LogP) is 3.15. The van der Waals surface area contributed by atoms with Gasteiger partial charge in [-0.05, 0) is 32.8 Å². The molecule has 18 heavy (non-hydrogen) atoms. The molecule has 0 fully saturated rings. The zero-order chi connectivity index (χ0) is 13.9. The molecular weight excluding hydrogens is 228 g/mol. The van der Waals surface area contributed by atoms with E-state index in [1.54, 1.807) is 6.92 Å². The first-order chi connectivity index (χ1) is 8.36. The van der Waals surface area contributed by atoms with E-state index in [1.807, 2.05) is 6.92 Å². The van der Waals surface area contributed by atoms with Crippen LogP contribution in [-0.2, 0) is 12.8 Å². The number of hydrogen-bond acceptors (Lipinski definition) is 3. The number of rotatable bonds is 5. The van der Waals surface area contributed by atoms with Gasteiger partial charge in [0.2, 0.25) is 0 Å². The standard InChI is InChI=1S/C15H18O3/c1-9(2)5-11-7-14(17)12(6-10(3)4)13(8-16)15(11)18/h7-8,17-18H,1,3,5-6H2,2,4H3. The fourth-order valence-electron chi connectivity index (χ4n) is 1.85. The molecule has 0 spiro atoms. The van der Waals surface area contributed by atoms with Crippen molar-refractivity contribution in [3.63, 3.8) is 0 Å². The first-order valence-corrected chi connectivity index (χ1v) is 5.67. The average Bonchev–Trinajstić information content (AvgIpc) is 2.24. The number of aldehydes is 1. The number of carbonyl (C=O) groups excluding carboxylic acids is 1. The number of carbonyl (C=O) groups is 1. The third-order valence-electron chi connectivity index (χ3n) is 2.59. The van der Waals surface area contributed by atoms with Gasteiger partial charge in [-0.1, -0.05) is 24.3 Å². The Bertz CT molecular complexity index is 513. The van der Waals surface area contributed by atoms with Gasteiger partial charge in [0.15, 0.2) is 6.29 Å². The summed E-state index contributed by atoms with van der Waals surface area (Å²) in [5.74, 6) is -0.0730. The molecule has 0 amide bonds. The monoisotopic (exact) mass is 246 g/mol. The molecule has 0 saturated heterocycles. The number of phenolic OH excluding ortho intramolecular Hbond substituents is 2. The van der Waals surface area contributed by atoms with Crippen LogP contribution in [0.5, 0.6) is 11.5 Å². The molecule has 0 aliphatic carbocycles. The van der Waals surface area contributed by atoms with E-state index >= 15 is 0 Å². The van der Waals surface area contributed by atoms with Crippen LogP contribution in [0.25, 0.3) is 0 Å². The van der Waals surface area contributed by atoms with Crippen LogP contribution >= 0.6 is 0 Å². The second-order valence-electron chi connectivity index (χ2n) is 4.68. The summed E-state index contributed by atoms with van der Waals surface area (Å²) in [6, 6.07) is 1.48. The topological polar surface area (TPSA) is 57.5 Å². The van der Waals surface area contributed by atoms with Gasteiger partial charge in [-0.15, -0.1) is 0 Å². The Hall–Kier alpha value is -2.03. The minimum Gasteiger partial charge on any atom is -0.508 e. The maximum absolute atomic E-state index is 11.1. The van der Waals surface area contributed by atoms with Crippen molar-refractivity contribution in [1.82, 2.24) is 0 Å². The number of benzene rings is 1. The fourth-order valence-corrected chi connectivity index (χ4v) is 1.85. The van der Waals surface area contributed by atoms with Crippen molar-refractivity contribution in [3.05, 3.63) is 47.1 Å². The molecule has 0 unspecified atom stereocenters. The van der Waals surface area contributed by atoms with Crippen molar-refractivity contribution in [2.75, 3.05) is 0 Å². The van der Waals surface area contributed by atoms with Crippen LogP contribution < -0.4 is 0 Å². The summed E-state index contributed by atoms with van der Waals surface area (Å²) < 4.78 is 0. The summed E-state index contributed by atoms with van der Waals surface area (Å²) in [5, 5.41) is 20.0. The first kappa shape index (κ1) is 14.0. The molecule has 0 aliphatic heterocycles. The lowest BCUT2D eigenvalue weighted by atomic mass is 9.94. The quantitative estimate of drug-likeness (QED) is 0.476. The Kier molecular flexibility index (Phi) is 4.32. The van der Waals surface area contributed by atoms with Gasteiger partial charge in [-0.25, -0.2) is 0 Å². The molecular formula is C15H18O3. The molecule has 2 N–H and O–H groups in total. The molecule has 0 bridgehead atoms. The molecule has 0 atom stereocenters. The Morgan fingerprint density at radius 1 is 1.22 bits per heavy atom. The lowest BCUT2D eigenvalue weighted by molar-refractivity contribution is 0.111. The van der Waals surface area contributed by atoms with Gasteiger partial charge in [0.1, 0.15) is 11.5 Å². The summed E-state index contributed by atoms with van der Waals surface area (Å²) >= 11 is 0. The van der Waals surface area contributed by atoms with Crippen LogP contribution in [0.2, 0.25) is 0 Å². The van der Waals surface area contributed by atoms with E-state index in [0.717, 1.165) is 11.1 Å².